The van der Waals surface area contributed by atoms with Gasteiger partial charge in [0, 0.05) is 82.7 Å². The van der Waals surface area contributed by atoms with Gasteiger partial charge in [-0.05, 0) is 64.7 Å². The molecule has 0 saturated carbocycles. The van der Waals surface area contributed by atoms with Crippen LogP contribution in [-0.4, -0.2) is 83.1 Å². The summed E-state index contributed by atoms with van der Waals surface area (Å²) in [7, 11) is -1.14. The number of pyridine rings is 2. The molecule has 3 aromatic carbocycles. The Balaban J connectivity index is 0.816. The number of rotatable bonds is 12. The smallest absolute Gasteiger partial charge is 0.409 e. The predicted octanol–water partition coefficient (Wildman–Crippen LogP) is 8.66. The molecular weight excluding hydrogens is 693 g/mol. The first-order chi connectivity index (χ1) is 26.3. The highest BCUT2D eigenvalue weighted by atomic mass is 28.3. The first-order valence-corrected chi connectivity index (χ1v) is 22.4. The van der Waals surface area contributed by atoms with E-state index in [-0.39, 0.29) is 12.0 Å². The number of piperazine rings is 1. The van der Waals surface area contributed by atoms with E-state index in [2.05, 4.69) is 95.3 Å². The van der Waals surface area contributed by atoms with E-state index in [9.17, 15) is 4.79 Å². The number of fused-ring (bicyclic) bond motifs is 4. The molecule has 0 N–H and O–H groups in total. The highest BCUT2D eigenvalue weighted by Crippen LogP contribution is 2.44. The minimum Gasteiger partial charge on any atom is -0.448 e. The number of aromatic nitrogens is 4. The van der Waals surface area contributed by atoms with Crippen LogP contribution in [0.4, 0.5) is 4.79 Å². The van der Waals surface area contributed by atoms with Gasteiger partial charge in [-0.2, -0.15) is 5.10 Å². The number of amides is 1. The predicted molar refractivity (Wildman–Crippen MR) is 213 cm³/mol. The zero-order valence-corrected chi connectivity index (χ0v) is 32.1. The Morgan fingerprint density at radius 3 is 2.33 bits per heavy atom. The molecule has 0 unspecified atom stereocenters. The summed E-state index contributed by atoms with van der Waals surface area (Å²) in [4.78, 5) is 26.8. The molecule has 0 atom stereocenters. The minimum atomic E-state index is -1.14. The number of carbonyl (C=O) groups is 1. The fourth-order valence-electron chi connectivity index (χ4n) is 7.22. The first-order valence-electron chi connectivity index (χ1n) is 18.7. The van der Waals surface area contributed by atoms with Crippen molar-refractivity contribution >= 4 is 25.1 Å². The summed E-state index contributed by atoms with van der Waals surface area (Å²) in [5, 5.41) is 5.43. The van der Waals surface area contributed by atoms with Crippen LogP contribution in [0.1, 0.15) is 22.7 Å². The van der Waals surface area contributed by atoms with Crippen LogP contribution in [0.2, 0.25) is 25.7 Å². The summed E-state index contributed by atoms with van der Waals surface area (Å²) in [6.45, 7) is 12.0. The summed E-state index contributed by atoms with van der Waals surface area (Å²) < 4.78 is 19.8. The third kappa shape index (κ3) is 8.08. The van der Waals surface area contributed by atoms with Crippen molar-refractivity contribution in [3.63, 3.8) is 0 Å². The van der Waals surface area contributed by atoms with Crippen LogP contribution in [0.25, 0.3) is 33.3 Å². The van der Waals surface area contributed by atoms with E-state index < -0.39 is 8.07 Å². The highest BCUT2D eigenvalue weighted by Gasteiger charge is 2.30. The van der Waals surface area contributed by atoms with E-state index in [1.165, 1.54) is 22.3 Å². The number of hydrogen-bond donors (Lipinski definition) is 0. The second kappa shape index (κ2) is 15.5. The SMILES string of the molecule is C[Si](C)(C)CCOCn1nccc1-c1ccc(Oc2ccc3nc(CN4CCN(C(=O)OCC5c6ccccc6-c6ccccc65)CC4)ccc3c2)nc1. The Morgan fingerprint density at radius 2 is 1.61 bits per heavy atom. The van der Waals surface area contributed by atoms with E-state index in [0.717, 1.165) is 53.6 Å². The van der Waals surface area contributed by atoms with Crippen LogP contribution in [0.3, 0.4) is 0 Å². The van der Waals surface area contributed by atoms with Crippen LogP contribution in [-0.2, 0) is 22.7 Å². The number of benzene rings is 3. The van der Waals surface area contributed by atoms with Crippen LogP contribution < -0.4 is 4.74 Å². The van der Waals surface area contributed by atoms with Crippen molar-refractivity contribution in [2.75, 3.05) is 39.4 Å². The number of hydrogen-bond acceptors (Lipinski definition) is 8. The molecule has 6 aromatic rings. The zero-order chi connectivity index (χ0) is 37.1. The van der Waals surface area contributed by atoms with Gasteiger partial charge in [0.25, 0.3) is 0 Å². The van der Waals surface area contributed by atoms with Gasteiger partial charge in [0.2, 0.25) is 5.88 Å². The molecule has 2 aliphatic rings. The molecule has 54 heavy (non-hydrogen) atoms. The molecule has 8 rings (SSSR count). The minimum absolute atomic E-state index is 0.0600. The molecule has 1 aliphatic carbocycles. The van der Waals surface area contributed by atoms with E-state index in [1.54, 1.807) is 12.4 Å². The van der Waals surface area contributed by atoms with Gasteiger partial charge in [-0.15, -0.1) is 0 Å². The van der Waals surface area contributed by atoms with Crippen molar-refractivity contribution < 1.29 is 19.0 Å². The Kier molecular flexibility index (Phi) is 10.3. The molecular formula is C43H46N6O4Si. The average molecular weight is 739 g/mol. The van der Waals surface area contributed by atoms with Crippen molar-refractivity contribution in [2.24, 2.45) is 0 Å². The molecule has 0 bridgehead atoms. The molecule has 10 nitrogen and oxygen atoms in total. The third-order valence-corrected chi connectivity index (χ3v) is 12.0. The number of ether oxygens (including phenoxy) is 3. The molecule has 0 radical (unpaired) electrons. The molecule has 3 aromatic heterocycles. The van der Waals surface area contributed by atoms with E-state index >= 15 is 0 Å². The van der Waals surface area contributed by atoms with Crippen LogP contribution >= 0.6 is 0 Å². The largest absolute Gasteiger partial charge is 0.448 e. The van der Waals surface area contributed by atoms with Crippen molar-refractivity contribution in [2.45, 2.75) is 44.9 Å². The van der Waals surface area contributed by atoms with E-state index in [0.29, 0.717) is 44.6 Å². The average Bonchev–Trinajstić information content (AvgIpc) is 3.78. The molecule has 276 valence electrons. The van der Waals surface area contributed by atoms with Gasteiger partial charge in [-0.3, -0.25) is 9.88 Å². The van der Waals surface area contributed by atoms with Crippen molar-refractivity contribution in [1.29, 1.82) is 0 Å². The lowest BCUT2D eigenvalue weighted by Gasteiger charge is -2.34. The topological polar surface area (TPSA) is 94.8 Å². The number of nitrogens with zero attached hydrogens (tertiary/aromatic N) is 6. The first kappa shape index (κ1) is 35.7. The van der Waals surface area contributed by atoms with Gasteiger partial charge < -0.3 is 19.1 Å². The van der Waals surface area contributed by atoms with Crippen molar-refractivity contribution in [3.05, 3.63) is 126 Å². The molecule has 0 spiro atoms. The third-order valence-electron chi connectivity index (χ3n) is 10.3. The van der Waals surface area contributed by atoms with Gasteiger partial charge in [-0.25, -0.2) is 14.5 Å². The summed E-state index contributed by atoms with van der Waals surface area (Å²) >= 11 is 0. The lowest BCUT2D eigenvalue weighted by Crippen LogP contribution is -2.48. The van der Waals surface area contributed by atoms with Gasteiger partial charge >= 0.3 is 6.09 Å². The lowest BCUT2D eigenvalue weighted by atomic mass is 9.98. The molecule has 1 saturated heterocycles. The van der Waals surface area contributed by atoms with E-state index in [4.69, 9.17) is 19.2 Å². The number of carbonyl (C=O) groups excluding carboxylic acids is 1. The zero-order valence-electron chi connectivity index (χ0n) is 31.1. The standard InChI is InChI=1S/C43H46N6O4Si/c1-54(2,3)25-24-51-30-49-41(18-19-45-49)32-13-17-42(44-27-32)53-34-15-16-40-31(26-34)12-14-33(46-40)28-47-20-22-48(23-21-47)43(50)52-29-39-37-10-6-4-8-35(37)36-9-5-7-11-38(36)39/h4-19,26-27,39H,20-25,28-30H2,1-3H3. The van der Waals surface area contributed by atoms with Crippen LogP contribution in [0.15, 0.2) is 109 Å². The second-order valence-electron chi connectivity index (χ2n) is 15.3. The second-order valence-corrected chi connectivity index (χ2v) is 20.9. The highest BCUT2D eigenvalue weighted by molar-refractivity contribution is 6.76. The fraction of sp³-hybridized carbons (Fsp3) is 0.302. The van der Waals surface area contributed by atoms with Gasteiger partial charge in [0.05, 0.1) is 16.9 Å². The summed E-state index contributed by atoms with van der Waals surface area (Å²) in [6, 6.07) is 33.8. The molecule has 1 aliphatic heterocycles. The van der Waals surface area contributed by atoms with Crippen molar-refractivity contribution in [1.82, 2.24) is 29.5 Å². The summed E-state index contributed by atoms with van der Waals surface area (Å²) in [6.07, 6.45) is 3.34. The summed E-state index contributed by atoms with van der Waals surface area (Å²) in [5.74, 6) is 1.27. The molecule has 11 heteroatoms. The van der Waals surface area contributed by atoms with Gasteiger partial charge in [0.15, 0.2) is 0 Å². The van der Waals surface area contributed by atoms with Crippen molar-refractivity contribution in [3.8, 4) is 34.0 Å². The van der Waals surface area contributed by atoms with Crippen LogP contribution in [0, 0.1) is 0 Å². The van der Waals surface area contributed by atoms with E-state index in [1.807, 2.05) is 46.0 Å². The van der Waals surface area contributed by atoms with Crippen LogP contribution in [0.5, 0.6) is 11.6 Å². The quantitative estimate of drug-likeness (QED) is 0.0910. The Morgan fingerprint density at radius 1 is 0.852 bits per heavy atom. The lowest BCUT2D eigenvalue weighted by molar-refractivity contribution is 0.0726. The van der Waals surface area contributed by atoms with Gasteiger partial charge in [0.1, 0.15) is 19.1 Å². The Hall–Kier alpha value is -5.36. The maximum atomic E-state index is 13.1. The Bertz CT molecular complexity index is 2200. The Labute approximate surface area is 317 Å². The maximum Gasteiger partial charge on any atom is 0.409 e. The monoisotopic (exact) mass is 738 g/mol. The fourth-order valence-corrected chi connectivity index (χ4v) is 7.98. The van der Waals surface area contributed by atoms with Gasteiger partial charge in [-0.1, -0.05) is 74.2 Å². The molecule has 4 heterocycles. The maximum absolute atomic E-state index is 13.1. The molecule has 1 fully saturated rings. The molecule has 1 amide bonds. The summed E-state index contributed by atoms with van der Waals surface area (Å²) in [5.41, 5.74) is 8.69. The normalized spacial score (nSPS) is 14.6.